The molecule has 4 aromatic rings. The first kappa shape index (κ1) is 18.8. The number of amides is 1. The van der Waals surface area contributed by atoms with Crippen LogP contribution in [0.1, 0.15) is 16.6 Å². The Morgan fingerprint density at radius 1 is 0.966 bits per heavy atom. The summed E-state index contributed by atoms with van der Waals surface area (Å²) in [6, 6.07) is 23.1. The van der Waals surface area contributed by atoms with Gasteiger partial charge in [-0.25, -0.2) is 4.98 Å². The normalized spacial score (nSPS) is 10.7. The van der Waals surface area contributed by atoms with Crippen molar-refractivity contribution >= 4 is 38.9 Å². The van der Waals surface area contributed by atoms with Gasteiger partial charge in [0.2, 0.25) is 0 Å². The third-order valence-corrected chi connectivity index (χ3v) is 5.40. The van der Waals surface area contributed by atoms with E-state index in [-0.39, 0.29) is 18.3 Å². The molecule has 0 aliphatic carbocycles. The van der Waals surface area contributed by atoms with Crippen LogP contribution in [-0.2, 0) is 4.79 Å². The van der Waals surface area contributed by atoms with Crippen molar-refractivity contribution in [1.82, 2.24) is 4.98 Å². The quantitative estimate of drug-likeness (QED) is 0.451. The number of carbonyl (C=O) groups excluding carboxylic acids is 2. The zero-order valence-corrected chi connectivity index (χ0v) is 16.5. The summed E-state index contributed by atoms with van der Waals surface area (Å²) < 4.78 is 5.62. The summed E-state index contributed by atoms with van der Waals surface area (Å²) in [7, 11) is 0. The summed E-state index contributed by atoms with van der Waals surface area (Å²) in [5.41, 5.74) is 1.41. The molecule has 0 radical (unpaired) electrons. The molecule has 5 nitrogen and oxygen atoms in total. The topological polar surface area (TPSA) is 68.3 Å². The van der Waals surface area contributed by atoms with Gasteiger partial charge in [0, 0.05) is 12.5 Å². The number of anilines is 1. The third-order valence-electron chi connectivity index (χ3n) is 4.33. The molecule has 0 aliphatic rings. The minimum Gasteiger partial charge on any atom is -0.484 e. The Morgan fingerprint density at radius 3 is 2.45 bits per heavy atom. The summed E-state index contributed by atoms with van der Waals surface area (Å²) in [5.74, 6) is 0.197. The number of nitrogens with one attached hydrogen (secondary N) is 1. The number of benzene rings is 3. The molecule has 29 heavy (non-hydrogen) atoms. The lowest BCUT2D eigenvalue weighted by molar-refractivity contribution is -0.118. The molecule has 0 atom stereocenters. The van der Waals surface area contributed by atoms with Crippen molar-refractivity contribution < 1.29 is 14.3 Å². The first-order valence-corrected chi connectivity index (χ1v) is 9.90. The molecule has 1 heterocycles. The van der Waals surface area contributed by atoms with Gasteiger partial charge < -0.3 is 4.74 Å². The Hall–Kier alpha value is -3.51. The summed E-state index contributed by atoms with van der Waals surface area (Å²) in [5, 5.41) is 5.26. The molecule has 0 saturated carbocycles. The lowest BCUT2D eigenvalue weighted by Crippen LogP contribution is -2.20. The standard InChI is InChI=1S/C23H18N2O3S/c1-15(26)22-21(17-8-3-2-4-9-17)25-23(29-22)24-20(27)14-28-19-12-11-16-7-5-6-10-18(16)13-19/h2-13H,14H2,1H3,(H,24,25,27). The Bertz CT molecular complexity index is 1190. The maximum atomic E-state index is 12.3. The molecule has 0 bridgehead atoms. The molecule has 0 aliphatic heterocycles. The highest BCUT2D eigenvalue weighted by molar-refractivity contribution is 7.18. The highest BCUT2D eigenvalue weighted by Gasteiger charge is 2.18. The second kappa shape index (κ2) is 8.24. The van der Waals surface area contributed by atoms with E-state index in [2.05, 4.69) is 10.3 Å². The van der Waals surface area contributed by atoms with E-state index in [4.69, 9.17) is 4.74 Å². The van der Waals surface area contributed by atoms with E-state index in [1.165, 1.54) is 18.3 Å². The summed E-state index contributed by atoms with van der Waals surface area (Å²) in [6.45, 7) is 1.35. The lowest BCUT2D eigenvalue weighted by Gasteiger charge is -2.07. The van der Waals surface area contributed by atoms with Crippen LogP contribution in [-0.4, -0.2) is 23.3 Å². The number of Topliss-reactive ketones (excluding diaryl/α,β-unsaturated/α-hetero) is 1. The van der Waals surface area contributed by atoms with Crippen LogP contribution in [0.3, 0.4) is 0 Å². The Labute approximate surface area is 172 Å². The minimum absolute atomic E-state index is 0.0886. The van der Waals surface area contributed by atoms with E-state index in [0.29, 0.717) is 21.5 Å². The zero-order chi connectivity index (χ0) is 20.2. The lowest BCUT2D eigenvalue weighted by atomic mass is 10.1. The molecule has 1 amide bonds. The van der Waals surface area contributed by atoms with Crippen molar-refractivity contribution in [1.29, 1.82) is 0 Å². The summed E-state index contributed by atoms with van der Waals surface area (Å²) in [4.78, 5) is 29.3. The van der Waals surface area contributed by atoms with E-state index in [1.807, 2.05) is 72.8 Å². The van der Waals surface area contributed by atoms with Crippen LogP contribution < -0.4 is 10.1 Å². The second-order valence-electron chi connectivity index (χ2n) is 6.46. The van der Waals surface area contributed by atoms with E-state index < -0.39 is 0 Å². The van der Waals surface area contributed by atoms with Gasteiger partial charge in [0.1, 0.15) is 5.75 Å². The average molecular weight is 402 g/mol. The summed E-state index contributed by atoms with van der Waals surface area (Å²) in [6.07, 6.45) is 0. The number of hydrogen-bond donors (Lipinski definition) is 1. The number of carbonyl (C=O) groups is 2. The van der Waals surface area contributed by atoms with E-state index >= 15 is 0 Å². The van der Waals surface area contributed by atoms with Gasteiger partial charge >= 0.3 is 0 Å². The molecule has 0 unspecified atom stereocenters. The van der Waals surface area contributed by atoms with Crippen LogP contribution in [0.4, 0.5) is 5.13 Å². The number of nitrogens with zero attached hydrogens (tertiary/aromatic N) is 1. The molecular formula is C23H18N2O3S. The fraction of sp³-hybridized carbons (Fsp3) is 0.0870. The van der Waals surface area contributed by atoms with Gasteiger partial charge in [-0.05, 0) is 22.9 Å². The molecule has 1 aromatic heterocycles. The molecule has 3 aromatic carbocycles. The highest BCUT2D eigenvalue weighted by atomic mass is 32.1. The van der Waals surface area contributed by atoms with E-state index in [1.54, 1.807) is 0 Å². The Morgan fingerprint density at radius 2 is 1.69 bits per heavy atom. The van der Waals surface area contributed by atoms with Gasteiger partial charge in [0.25, 0.3) is 5.91 Å². The second-order valence-corrected chi connectivity index (χ2v) is 7.46. The molecule has 0 saturated heterocycles. The molecule has 144 valence electrons. The van der Waals surface area contributed by atoms with Crippen LogP contribution >= 0.6 is 11.3 Å². The van der Waals surface area contributed by atoms with Crippen molar-refractivity contribution in [3.05, 3.63) is 77.7 Å². The van der Waals surface area contributed by atoms with Gasteiger partial charge in [0.05, 0.1) is 10.6 Å². The number of aromatic nitrogens is 1. The fourth-order valence-electron chi connectivity index (χ4n) is 2.97. The van der Waals surface area contributed by atoms with Crippen molar-refractivity contribution in [2.45, 2.75) is 6.92 Å². The van der Waals surface area contributed by atoms with Gasteiger partial charge in [0.15, 0.2) is 17.5 Å². The van der Waals surface area contributed by atoms with Crippen molar-refractivity contribution in [3.8, 4) is 17.0 Å². The van der Waals surface area contributed by atoms with Crippen molar-refractivity contribution in [3.63, 3.8) is 0 Å². The third kappa shape index (κ3) is 4.33. The van der Waals surface area contributed by atoms with Crippen molar-refractivity contribution in [2.75, 3.05) is 11.9 Å². The van der Waals surface area contributed by atoms with Crippen LogP contribution in [0.5, 0.6) is 5.75 Å². The SMILES string of the molecule is CC(=O)c1sc(NC(=O)COc2ccc3ccccc3c2)nc1-c1ccccc1. The van der Waals surface area contributed by atoms with Gasteiger partial charge in [-0.15, -0.1) is 0 Å². The molecular weight excluding hydrogens is 384 g/mol. The molecule has 0 spiro atoms. The number of ether oxygens (including phenoxy) is 1. The first-order chi connectivity index (χ1) is 14.1. The van der Waals surface area contributed by atoms with Crippen molar-refractivity contribution in [2.24, 2.45) is 0 Å². The van der Waals surface area contributed by atoms with Crippen LogP contribution in [0, 0.1) is 0 Å². The number of ketones is 1. The highest BCUT2D eigenvalue weighted by Crippen LogP contribution is 2.31. The fourth-order valence-corrected chi connectivity index (χ4v) is 3.86. The first-order valence-electron chi connectivity index (χ1n) is 9.09. The maximum absolute atomic E-state index is 12.3. The molecule has 0 fully saturated rings. The molecule has 1 N–H and O–H groups in total. The number of hydrogen-bond acceptors (Lipinski definition) is 5. The number of fused-ring (bicyclic) bond motifs is 1. The summed E-state index contributed by atoms with van der Waals surface area (Å²) >= 11 is 1.17. The monoisotopic (exact) mass is 402 g/mol. The molecule has 4 rings (SSSR count). The van der Waals surface area contributed by atoms with Gasteiger partial charge in [-0.3, -0.25) is 14.9 Å². The van der Waals surface area contributed by atoms with Gasteiger partial charge in [-0.2, -0.15) is 0 Å². The predicted molar refractivity (Wildman–Crippen MR) is 116 cm³/mol. The Balaban J connectivity index is 1.46. The van der Waals surface area contributed by atoms with Crippen LogP contribution in [0.2, 0.25) is 0 Å². The predicted octanol–water partition coefficient (Wildman–Crippen LogP) is 5.18. The van der Waals surface area contributed by atoms with Gasteiger partial charge in [-0.1, -0.05) is 72.0 Å². The zero-order valence-electron chi connectivity index (χ0n) is 15.7. The number of rotatable bonds is 6. The average Bonchev–Trinajstić information content (AvgIpc) is 3.17. The smallest absolute Gasteiger partial charge is 0.264 e. The Kier molecular flexibility index (Phi) is 5.35. The van der Waals surface area contributed by atoms with E-state index in [9.17, 15) is 9.59 Å². The van der Waals surface area contributed by atoms with Crippen LogP contribution in [0.25, 0.3) is 22.0 Å². The largest absolute Gasteiger partial charge is 0.484 e. The maximum Gasteiger partial charge on any atom is 0.264 e. The molecule has 6 heteroatoms. The minimum atomic E-state index is -0.332. The number of thiazole rings is 1. The van der Waals surface area contributed by atoms with Crippen LogP contribution in [0.15, 0.2) is 72.8 Å². The van der Waals surface area contributed by atoms with E-state index in [0.717, 1.165) is 16.3 Å².